The second-order valence-corrected chi connectivity index (χ2v) is 10.0. The smallest absolute Gasteiger partial charge is 0.265 e. The van der Waals surface area contributed by atoms with Crippen LogP contribution in [0.25, 0.3) is 10.9 Å². The van der Waals surface area contributed by atoms with E-state index in [4.69, 9.17) is 4.55 Å². The first-order valence-electron chi connectivity index (χ1n) is 7.45. The van der Waals surface area contributed by atoms with Crippen LogP contribution in [0.1, 0.15) is 19.8 Å². The van der Waals surface area contributed by atoms with Crippen molar-refractivity contribution in [2.24, 2.45) is 5.92 Å². The summed E-state index contributed by atoms with van der Waals surface area (Å²) < 4.78 is 57.2. The van der Waals surface area contributed by atoms with Crippen LogP contribution in [0.4, 0.5) is 0 Å². The van der Waals surface area contributed by atoms with Gasteiger partial charge in [-0.25, -0.2) is 8.42 Å². The Balaban J connectivity index is 1.87. The maximum Gasteiger partial charge on any atom is 0.265 e. The Morgan fingerprint density at radius 2 is 1.91 bits per heavy atom. The van der Waals surface area contributed by atoms with Gasteiger partial charge in [-0.2, -0.15) is 8.42 Å². The van der Waals surface area contributed by atoms with Crippen LogP contribution in [0.3, 0.4) is 0 Å². The molecule has 1 aromatic carbocycles. The van der Waals surface area contributed by atoms with Gasteiger partial charge in [0.05, 0.1) is 15.9 Å². The molecule has 1 heterocycles. The summed E-state index contributed by atoms with van der Waals surface area (Å²) >= 11 is 0. The van der Waals surface area contributed by atoms with Gasteiger partial charge in [-0.3, -0.25) is 4.55 Å². The lowest BCUT2D eigenvalue weighted by Gasteiger charge is -2.12. The summed E-state index contributed by atoms with van der Waals surface area (Å²) in [6.07, 6.45) is 3.27. The summed E-state index contributed by atoms with van der Waals surface area (Å²) in [7, 11) is -7.22. The number of benzene rings is 1. The summed E-state index contributed by atoms with van der Waals surface area (Å²) in [4.78, 5) is 0.344. The molecule has 1 N–H and O–H groups in total. The van der Waals surface area contributed by atoms with Gasteiger partial charge in [0.1, 0.15) is 0 Å². The highest BCUT2D eigenvalue weighted by molar-refractivity contribution is 7.92. The van der Waals surface area contributed by atoms with E-state index < -0.39 is 20.0 Å². The molecule has 0 saturated heterocycles. The molecule has 0 unspecified atom stereocenters. The van der Waals surface area contributed by atoms with Crippen molar-refractivity contribution in [3.05, 3.63) is 30.5 Å². The molecule has 1 aromatic heterocycles. The molecule has 2 aromatic rings. The predicted octanol–water partition coefficient (Wildman–Crippen LogP) is 2.10. The molecule has 1 atom stereocenters. The molecular weight excluding hydrogens is 338 g/mol. The lowest BCUT2D eigenvalue weighted by Crippen LogP contribution is -2.17. The highest BCUT2D eigenvalue weighted by Crippen LogP contribution is 2.34. The van der Waals surface area contributed by atoms with Gasteiger partial charge < -0.3 is 4.57 Å². The first kappa shape index (κ1) is 16.5. The van der Waals surface area contributed by atoms with Crippen LogP contribution in [-0.4, -0.2) is 37.0 Å². The van der Waals surface area contributed by atoms with E-state index in [-0.39, 0.29) is 16.9 Å². The molecule has 1 saturated carbocycles. The van der Waals surface area contributed by atoms with E-state index in [1.54, 1.807) is 31.3 Å². The van der Waals surface area contributed by atoms with Gasteiger partial charge in [0.25, 0.3) is 10.1 Å². The Morgan fingerprint density at radius 1 is 1.22 bits per heavy atom. The van der Waals surface area contributed by atoms with Crippen LogP contribution >= 0.6 is 0 Å². The normalized spacial score (nSPS) is 17.5. The van der Waals surface area contributed by atoms with Gasteiger partial charge in [-0.05, 0) is 43.0 Å². The van der Waals surface area contributed by atoms with E-state index >= 15 is 0 Å². The monoisotopic (exact) mass is 357 g/mol. The Kier molecular flexibility index (Phi) is 4.02. The van der Waals surface area contributed by atoms with Crippen LogP contribution in [0, 0.1) is 5.92 Å². The average molecular weight is 357 g/mol. The van der Waals surface area contributed by atoms with Crippen molar-refractivity contribution < 1.29 is 21.4 Å². The van der Waals surface area contributed by atoms with Crippen LogP contribution in [-0.2, 0) is 26.5 Å². The zero-order chi connectivity index (χ0) is 16.8. The molecular formula is C15H19NO5S2. The molecule has 23 heavy (non-hydrogen) atoms. The third-order valence-corrected chi connectivity index (χ3v) is 7.29. The number of nitrogens with zero attached hydrogens (tertiary/aromatic N) is 1. The number of sulfone groups is 1. The van der Waals surface area contributed by atoms with Gasteiger partial charge in [-0.1, -0.05) is 6.92 Å². The van der Waals surface area contributed by atoms with E-state index in [2.05, 4.69) is 0 Å². The van der Waals surface area contributed by atoms with Crippen molar-refractivity contribution in [3.8, 4) is 0 Å². The SMILES string of the molecule is C[C@@H](Cn1ccc2cc(S(=O)(=O)C3CC3)ccc21)CS(=O)(=O)O. The molecule has 1 fully saturated rings. The standard InChI is InChI=1S/C15H19NO5S2/c1-11(10-22(17,18)19)9-16-7-6-12-8-14(4-5-15(12)16)23(20,21)13-2-3-13/h4-8,11,13H,2-3,9-10H2,1H3,(H,17,18,19)/t11-/m0/s1. The Morgan fingerprint density at radius 3 is 2.52 bits per heavy atom. The van der Waals surface area contributed by atoms with Crippen molar-refractivity contribution >= 4 is 30.9 Å². The summed E-state index contributed by atoms with van der Waals surface area (Å²) in [5, 5.41) is 0.572. The van der Waals surface area contributed by atoms with Gasteiger partial charge >= 0.3 is 0 Å². The van der Waals surface area contributed by atoms with Crippen LogP contribution in [0.15, 0.2) is 35.4 Å². The van der Waals surface area contributed by atoms with Crippen molar-refractivity contribution in [1.29, 1.82) is 0 Å². The van der Waals surface area contributed by atoms with Gasteiger partial charge in [0.2, 0.25) is 0 Å². The minimum Gasteiger partial charge on any atom is -0.347 e. The largest absolute Gasteiger partial charge is 0.347 e. The van der Waals surface area contributed by atoms with Gasteiger partial charge in [0.15, 0.2) is 9.84 Å². The zero-order valence-electron chi connectivity index (χ0n) is 12.7. The van der Waals surface area contributed by atoms with Crippen LogP contribution in [0.5, 0.6) is 0 Å². The fourth-order valence-corrected chi connectivity index (χ4v) is 5.35. The van der Waals surface area contributed by atoms with E-state index in [1.807, 2.05) is 10.6 Å². The average Bonchev–Trinajstić information content (AvgIpc) is 3.21. The molecule has 0 spiro atoms. The Bertz CT molecular complexity index is 939. The molecule has 126 valence electrons. The summed E-state index contributed by atoms with van der Waals surface area (Å²) in [6.45, 7) is 2.17. The summed E-state index contributed by atoms with van der Waals surface area (Å²) in [5.41, 5.74) is 0.849. The van der Waals surface area contributed by atoms with E-state index in [1.165, 1.54) is 0 Å². The Hall–Kier alpha value is -1.38. The van der Waals surface area contributed by atoms with E-state index in [9.17, 15) is 16.8 Å². The summed E-state index contributed by atoms with van der Waals surface area (Å²) in [5.74, 6) is -0.559. The first-order chi connectivity index (χ1) is 10.7. The topological polar surface area (TPSA) is 93.4 Å². The molecule has 3 rings (SSSR count). The number of rotatable bonds is 6. The molecule has 1 aliphatic rings. The van der Waals surface area contributed by atoms with Crippen molar-refractivity contribution in [2.45, 2.75) is 36.5 Å². The fraction of sp³-hybridized carbons (Fsp3) is 0.467. The van der Waals surface area contributed by atoms with Gasteiger partial charge in [-0.15, -0.1) is 0 Å². The third-order valence-electron chi connectivity index (χ3n) is 4.04. The second kappa shape index (κ2) is 5.61. The van der Waals surface area contributed by atoms with E-state index in [0.717, 1.165) is 23.7 Å². The summed E-state index contributed by atoms with van der Waals surface area (Å²) in [6, 6.07) is 6.86. The number of aromatic nitrogens is 1. The number of fused-ring (bicyclic) bond motifs is 1. The highest BCUT2D eigenvalue weighted by atomic mass is 32.2. The predicted molar refractivity (Wildman–Crippen MR) is 87.7 cm³/mol. The van der Waals surface area contributed by atoms with Crippen LogP contribution < -0.4 is 0 Å². The van der Waals surface area contributed by atoms with Crippen molar-refractivity contribution in [3.63, 3.8) is 0 Å². The second-order valence-electron chi connectivity index (χ2n) is 6.29. The third kappa shape index (κ3) is 3.59. The minimum atomic E-state index is -4.00. The highest BCUT2D eigenvalue weighted by Gasteiger charge is 2.36. The molecule has 1 aliphatic carbocycles. The molecule has 6 nitrogen and oxygen atoms in total. The zero-order valence-corrected chi connectivity index (χ0v) is 14.3. The first-order valence-corrected chi connectivity index (χ1v) is 10.6. The quantitative estimate of drug-likeness (QED) is 0.799. The van der Waals surface area contributed by atoms with Crippen molar-refractivity contribution in [1.82, 2.24) is 4.57 Å². The maximum atomic E-state index is 12.3. The number of hydrogen-bond acceptors (Lipinski definition) is 4. The molecule has 0 amide bonds. The molecule has 0 aliphatic heterocycles. The molecule has 8 heteroatoms. The molecule has 0 bridgehead atoms. The lowest BCUT2D eigenvalue weighted by molar-refractivity contribution is 0.455. The minimum absolute atomic E-state index is 0.239. The fourth-order valence-electron chi connectivity index (χ4n) is 2.83. The van der Waals surface area contributed by atoms with E-state index in [0.29, 0.717) is 11.4 Å². The van der Waals surface area contributed by atoms with Gasteiger partial charge in [0, 0.05) is 23.6 Å². The van der Waals surface area contributed by atoms with Crippen LogP contribution in [0.2, 0.25) is 0 Å². The maximum absolute atomic E-state index is 12.3. The molecule has 0 radical (unpaired) electrons. The van der Waals surface area contributed by atoms with Crippen molar-refractivity contribution in [2.75, 3.05) is 5.75 Å². The number of hydrogen-bond donors (Lipinski definition) is 1. The lowest BCUT2D eigenvalue weighted by atomic mass is 10.2. The Labute approximate surface area is 135 Å².